The number of hydrogen-bond acceptors (Lipinski definition) is 4. The van der Waals surface area contributed by atoms with E-state index in [2.05, 4.69) is 4.98 Å². The van der Waals surface area contributed by atoms with Gasteiger partial charge in [-0.15, -0.1) is 0 Å². The fraction of sp³-hybridized carbons (Fsp3) is 0.150. The lowest BCUT2D eigenvalue weighted by Crippen LogP contribution is -2.37. The van der Waals surface area contributed by atoms with Crippen molar-refractivity contribution >= 4 is 22.8 Å². The maximum absolute atomic E-state index is 12.8. The third-order valence-electron chi connectivity index (χ3n) is 4.52. The molecule has 4 rings (SSSR count). The monoisotopic (exact) mass is 396 g/mol. The van der Waals surface area contributed by atoms with Gasteiger partial charge in [-0.3, -0.25) is 18.5 Å². The van der Waals surface area contributed by atoms with Crippen LogP contribution in [0, 0.1) is 0 Å². The van der Waals surface area contributed by atoms with Crippen molar-refractivity contribution < 1.29 is 4.74 Å². The summed E-state index contributed by atoms with van der Waals surface area (Å²) >= 11 is 5.94. The molecule has 0 saturated heterocycles. The molecule has 4 aromatic rings. The van der Waals surface area contributed by atoms with Gasteiger partial charge in [0.1, 0.15) is 5.75 Å². The van der Waals surface area contributed by atoms with Crippen LogP contribution in [0.5, 0.6) is 11.8 Å². The van der Waals surface area contributed by atoms with Gasteiger partial charge in [0, 0.05) is 19.1 Å². The van der Waals surface area contributed by atoms with Crippen LogP contribution in [0.25, 0.3) is 11.2 Å². The third kappa shape index (κ3) is 3.10. The highest BCUT2D eigenvalue weighted by atomic mass is 35.5. The molecule has 8 heteroatoms. The van der Waals surface area contributed by atoms with Crippen molar-refractivity contribution in [1.29, 1.82) is 0 Å². The summed E-state index contributed by atoms with van der Waals surface area (Å²) in [5.41, 5.74) is 0.677. The number of halogens is 1. The van der Waals surface area contributed by atoms with E-state index in [1.165, 1.54) is 11.6 Å². The zero-order valence-electron chi connectivity index (χ0n) is 15.3. The van der Waals surface area contributed by atoms with E-state index in [-0.39, 0.29) is 11.7 Å². The fourth-order valence-electron chi connectivity index (χ4n) is 3.03. The molecule has 28 heavy (non-hydrogen) atoms. The molecule has 2 aromatic heterocycles. The van der Waals surface area contributed by atoms with Gasteiger partial charge in [0.25, 0.3) is 5.56 Å². The number of aromatic nitrogens is 4. The van der Waals surface area contributed by atoms with Crippen LogP contribution in [0.3, 0.4) is 0 Å². The normalized spacial score (nSPS) is 11.1. The number of benzene rings is 2. The minimum Gasteiger partial charge on any atom is -0.425 e. The van der Waals surface area contributed by atoms with E-state index in [4.69, 9.17) is 16.3 Å². The van der Waals surface area contributed by atoms with E-state index in [1.54, 1.807) is 35.9 Å². The topological polar surface area (TPSA) is 71.1 Å². The van der Waals surface area contributed by atoms with E-state index < -0.39 is 11.2 Å². The van der Waals surface area contributed by atoms with Crippen LogP contribution in [0.4, 0.5) is 0 Å². The maximum Gasteiger partial charge on any atom is 0.332 e. The molecular formula is C20H17ClN4O3. The lowest BCUT2D eigenvalue weighted by molar-refractivity contribution is 0.421. The van der Waals surface area contributed by atoms with Gasteiger partial charge in [-0.05, 0) is 29.8 Å². The van der Waals surface area contributed by atoms with Crippen molar-refractivity contribution in [2.45, 2.75) is 6.54 Å². The zero-order valence-corrected chi connectivity index (χ0v) is 16.1. The number of hydrogen-bond donors (Lipinski definition) is 0. The Kier molecular flexibility index (Phi) is 4.52. The molecule has 0 radical (unpaired) electrons. The van der Waals surface area contributed by atoms with Crippen LogP contribution in [0.2, 0.25) is 5.02 Å². The van der Waals surface area contributed by atoms with Gasteiger partial charge in [-0.25, -0.2) is 4.79 Å². The van der Waals surface area contributed by atoms with E-state index in [0.29, 0.717) is 22.8 Å². The molecule has 0 atom stereocenters. The van der Waals surface area contributed by atoms with Crippen molar-refractivity contribution in [1.82, 2.24) is 18.7 Å². The smallest absolute Gasteiger partial charge is 0.332 e. The summed E-state index contributed by atoms with van der Waals surface area (Å²) in [6, 6.07) is 16.7. The van der Waals surface area contributed by atoms with Gasteiger partial charge in [0.2, 0.25) is 0 Å². The molecular weight excluding hydrogens is 380 g/mol. The Labute approximate surface area is 165 Å². The van der Waals surface area contributed by atoms with E-state index in [0.717, 1.165) is 10.1 Å². The number of fused-ring (bicyclic) bond motifs is 1. The summed E-state index contributed by atoms with van der Waals surface area (Å²) in [5, 5.41) is 0.585. The Morgan fingerprint density at radius 1 is 0.964 bits per heavy atom. The molecule has 0 fully saturated rings. The molecule has 0 aliphatic heterocycles. The molecule has 2 heterocycles. The highest BCUT2D eigenvalue weighted by molar-refractivity contribution is 6.30. The van der Waals surface area contributed by atoms with E-state index in [9.17, 15) is 9.59 Å². The fourth-order valence-corrected chi connectivity index (χ4v) is 3.15. The Hall–Kier alpha value is -3.32. The lowest BCUT2D eigenvalue weighted by atomic mass is 10.2. The molecule has 7 nitrogen and oxygen atoms in total. The van der Waals surface area contributed by atoms with Crippen molar-refractivity contribution in [3.8, 4) is 11.8 Å². The highest BCUT2D eigenvalue weighted by Crippen LogP contribution is 2.26. The predicted octanol–water partition coefficient (Wildman–Crippen LogP) is 2.93. The largest absolute Gasteiger partial charge is 0.425 e. The molecule has 2 aromatic carbocycles. The van der Waals surface area contributed by atoms with Crippen LogP contribution in [0.15, 0.2) is 64.2 Å². The number of rotatable bonds is 4. The van der Waals surface area contributed by atoms with Gasteiger partial charge >= 0.3 is 11.7 Å². The SMILES string of the molecule is Cn1c(=O)c2c(nc(Oc3ccc(Cl)cc3)n2Cc2ccccc2)n(C)c1=O. The molecule has 0 amide bonds. The summed E-state index contributed by atoms with van der Waals surface area (Å²) in [7, 11) is 3.03. The molecule has 0 bridgehead atoms. The summed E-state index contributed by atoms with van der Waals surface area (Å²) in [6.07, 6.45) is 0. The first kappa shape index (κ1) is 18.1. The van der Waals surface area contributed by atoms with Gasteiger partial charge in [-0.2, -0.15) is 4.98 Å². The lowest BCUT2D eigenvalue weighted by Gasteiger charge is -2.10. The highest BCUT2D eigenvalue weighted by Gasteiger charge is 2.20. The van der Waals surface area contributed by atoms with Gasteiger partial charge in [0.05, 0.1) is 6.54 Å². The Morgan fingerprint density at radius 3 is 2.32 bits per heavy atom. The summed E-state index contributed by atoms with van der Waals surface area (Å²) < 4.78 is 10.0. The summed E-state index contributed by atoms with van der Waals surface area (Å²) in [4.78, 5) is 29.6. The Bertz CT molecular complexity index is 1270. The maximum atomic E-state index is 12.8. The van der Waals surface area contributed by atoms with Gasteiger partial charge in [-0.1, -0.05) is 41.9 Å². The van der Waals surface area contributed by atoms with Crippen LogP contribution >= 0.6 is 11.6 Å². The van der Waals surface area contributed by atoms with Crippen molar-refractivity contribution in [3.63, 3.8) is 0 Å². The molecule has 0 aliphatic rings. The summed E-state index contributed by atoms with van der Waals surface area (Å²) in [6.45, 7) is 0.369. The standard InChI is InChI=1S/C20H17ClN4O3/c1-23-17-16(18(26)24(2)20(23)27)25(12-13-6-4-3-5-7-13)19(22-17)28-15-10-8-14(21)9-11-15/h3-11H,12H2,1-2H3. The van der Waals surface area contributed by atoms with Crippen LogP contribution < -0.4 is 16.0 Å². The average Bonchev–Trinajstić information content (AvgIpc) is 3.05. The van der Waals surface area contributed by atoms with Crippen molar-refractivity contribution in [3.05, 3.63) is 86.0 Å². The van der Waals surface area contributed by atoms with Crippen molar-refractivity contribution in [2.24, 2.45) is 14.1 Å². The first-order valence-corrected chi connectivity index (χ1v) is 8.97. The van der Waals surface area contributed by atoms with E-state index >= 15 is 0 Å². The molecule has 0 unspecified atom stereocenters. The number of ether oxygens (including phenoxy) is 1. The zero-order chi connectivity index (χ0) is 19.8. The molecule has 0 aliphatic carbocycles. The number of aryl methyl sites for hydroxylation is 1. The second-order valence-electron chi connectivity index (χ2n) is 6.40. The molecule has 0 N–H and O–H groups in total. The first-order chi connectivity index (χ1) is 13.5. The quantitative estimate of drug-likeness (QED) is 0.531. The molecule has 0 spiro atoms. The third-order valence-corrected chi connectivity index (χ3v) is 4.77. The Balaban J connectivity index is 1.94. The average molecular weight is 397 g/mol. The summed E-state index contributed by atoms with van der Waals surface area (Å²) in [5.74, 6) is 0.524. The van der Waals surface area contributed by atoms with Gasteiger partial charge in [0.15, 0.2) is 11.2 Å². The predicted molar refractivity (Wildman–Crippen MR) is 107 cm³/mol. The Morgan fingerprint density at radius 2 is 1.64 bits per heavy atom. The molecule has 142 valence electrons. The van der Waals surface area contributed by atoms with E-state index in [1.807, 2.05) is 30.3 Å². The number of imidazole rings is 1. The van der Waals surface area contributed by atoms with Crippen LogP contribution in [0.1, 0.15) is 5.56 Å². The molecule has 0 saturated carbocycles. The number of nitrogens with zero attached hydrogens (tertiary/aromatic N) is 4. The van der Waals surface area contributed by atoms with Crippen LogP contribution in [-0.2, 0) is 20.6 Å². The van der Waals surface area contributed by atoms with Crippen molar-refractivity contribution in [2.75, 3.05) is 0 Å². The minimum absolute atomic E-state index is 0.222. The first-order valence-electron chi connectivity index (χ1n) is 8.59. The van der Waals surface area contributed by atoms with Crippen LogP contribution in [-0.4, -0.2) is 18.7 Å². The minimum atomic E-state index is -0.445. The van der Waals surface area contributed by atoms with Gasteiger partial charge < -0.3 is 4.74 Å². The second kappa shape index (κ2) is 7.01. The second-order valence-corrected chi connectivity index (χ2v) is 6.84.